The highest BCUT2D eigenvalue weighted by atomic mass is 32.1. The molecule has 0 aliphatic carbocycles. The summed E-state index contributed by atoms with van der Waals surface area (Å²) in [5.41, 5.74) is 8.25. The van der Waals surface area contributed by atoms with Crippen molar-refractivity contribution < 1.29 is 9.53 Å². The molecule has 4 nitrogen and oxygen atoms in total. The second kappa shape index (κ2) is 5.96. The van der Waals surface area contributed by atoms with Crippen LogP contribution in [0.5, 0.6) is 5.75 Å². The molecule has 0 unspecified atom stereocenters. The number of carbonyl (C=O) groups is 1. The SMILES string of the molecule is COc1cccc(-c2csc(N)c2C(=O)NC(C)C)c1. The lowest BCUT2D eigenvalue weighted by molar-refractivity contribution is 0.0945. The van der Waals surface area contributed by atoms with E-state index in [9.17, 15) is 4.79 Å². The molecule has 0 atom stereocenters. The molecule has 106 valence electrons. The van der Waals surface area contributed by atoms with Crippen molar-refractivity contribution in [1.29, 1.82) is 0 Å². The molecule has 0 saturated carbocycles. The summed E-state index contributed by atoms with van der Waals surface area (Å²) in [6.45, 7) is 3.84. The summed E-state index contributed by atoms with van der Waals surface area (Å²) >= 11 is 1.37. The predicted molar refractivity (Wildman–Crippen MR) is 83.3 cm³/mol. The lowest BCUT2D eigenvalue weighted by Gasteiger charge is -2.10. The maximum absolute atomic E-state index is 12.3. The molecular formula is C15H18N2O2S. The number of thiophene rings is 1. The van der Waals surface area contributed by atoms with Crippen molar-refractivity contribution in [2.75, 3.05) is 12.8 Å². The Balaban J connectivity index is 2.44. The number of hydrogen-bond donors (Lipinski definition) is 2. The number of carbonyl (C=O) groups excluding carboxylic acids is 1. The van der Waals surface area contributed by atoms with Crippen LogP contribution in [0.15, 0.2) is 29.6 Å². The van der Waals surface area contributed by atoms with E-state index in [0.717, 1.165) is 16.9 Å². The second-order valence-electron chi connectivity index (χ2n) is 4.75. The number of methoxy groups -OCH3 is 1. The molecule has 1 aromatic heterocycles. The van der Waals surface area contributed by atoms with Crippen LogP contribution in [0, 0.1) is 0 Å². The van der Waals surface area contributed by atoms with E-state index in [4.69, 9.17) is 10.5 Å². The summed E-state index contributed by atoms with van der Waals surface area (Å²) in [6, 6.07) is 7.67. The number of anilines is 1. The highest BCUT2D eigenvalue weighted by Gasteiger charge is 2.19. The Hall–Kier alpha value is -2.01. The summed E-state index contributed by atoms with van der Waals surface area (Å²) in [5.74, 6) is 0.610. The number of nitrogens with two attached hydrogens (primary N) is 1. The van der Waals surface area contributed by atoms with Crippen LogP contribution in [-0.2, 0) is 0 Å². The quantitative estimate of drug-likeness (QED) is 0.909. The zero-order valence-electron chi connectivity index (χ0n) is 11.8. The Bertz CT molecular complexity index is 620. The lowest BCUT2D eigenvalue weighted by atomic mass is 10.0. The van der Waals surface area contributed by atoms with Crippen LogP contribution < -0.4 is 15.8 Å². The van der Waals surface area contributed by atoms with E-state index in [1.165, 1.54) is 11.3 Å². The maximum Gasteiger partial charge on any atom is 0.255 e. The highest BCUT2D eigenvalue weighted by molar-refractivity contribution is 7.15. The minimum Gasteiger partial charge on any atom is -0.497 e. The lowest BCUT2D eigenvalue weighted by Crippen LogP contribution is -2.30. The minimum atomic E-state index is -0.142. The van der Waals surface area contributed by atoms with E-state index >= 15 is 0 Å². The van der Waals surface area contributed by atoms with Gasteiger partial charge in [-0.25, -0.2) is 0 Å². The van der Waals surface area contributed by atoms with Crippen LogP contribution in [0.3, 0.4) is 0 Å². The molecule has 2 aromatic rings. The third-order valence-corrected chi connectivity index (χ3v) is 3.66. The van der Waals surface area contributed by atoms with Gasteiger partial charge >= 0.3 is 0 Å². The molecule has 0 radical (unpaired) electrons. The van der Waals surface area contributed by atoms with Gasteiger partial charge in [-0.3, -0.25) is 4.79 Å². The Kier molecular flexibility index (Phi) is 4.29. The van der Waals surface area contributed by atoms with Gasteiger partial charge in [0.25, 0.3) is 5.91 Å². The Labute approximate surface area is 122 Å². The van der Waals surface area contributed by atoms with E-state index in [-0.39, 0.29) is 11.9 Å². The largest absolute Gasteiger partial charge is 0.497 e. The molecular weight excluding hydrogens is 272 g/mol. The van der Waals surface area contributed by atoms with Gasteiger partial charge in [-0.1, -0.05) is 12.1 Å². The van der Waals surface area contributed by atoms with Gasteiger partial charge in [0, 0.05) is 17.0 Å². The molecule has 1 aromatic carbocycles. The summed E-state index contributed by atoms with van der Waals surface area (Å²) in [5, 5.41) is 5.31. The first kappa shape index (κ1) is 14.4. The summed E-state index contributed by atoms with van der Waals surface area (Å²) in [6.07, 6.45) is 0. The summed E-state index contributed by atoms with van der Waals surface area (Å²) < 4.78 is 5.22. The van der Waals surface area contributed by atoms with Crippen LogP contribution in [0.2, 0.25) is 0 Å². The zero-order valence-corrected chi connectivity index (χ0v) is 12.6. The molecule has 0 fully saturated rings. The van der Waals surface area contributed by atoms with Gasteiger partial charge in [-0.15, -0.1) is 11.3 Å². The first-order valence-corrected chi connectivity index (χ1v) is 7.23. The van der Waals surface area contributed by atoms with Crippen LogP contribution >= 0.6 is 11.3 Å². The van der Waals surface area contributed by atoms with Gasteiger partial charge in [0.1, 0.15) is 5.75 Å². The van der Waals surface area contributed by atoms with Crippen molar-refractivity contribution in [3.8, 4) is 16.9 Å². The van der Waals surface area contributed by atoms with Gasteiger partial charge in [-0.05, 0) is 31.5 Å². The molecule has 0 aliphatic heterocycles. The Morgan fingerprint density at radius 2 is 2.15 bits per heavy atom. The molecule has 0 aliphatic rings. The molecule has 0 bridgehead atoms. The summed E-state index contributed by atoms with van der Waals surface area (Å²) in [4.78, 5) is 12.3. The fraction of sp³-hybridized carbons (Fsp3) is 0.267. The number of ether oxygens (including phenoxy) is 1. The normalized spacial score (nSPS) is 10.6. The first-order valence-electron chi connectivity index (χ1n) is 6.35. The second-order valence-corrected chi connectivity index (χ2v) is 5.66. The van der Waals surface area contributed by atoms with Crippen molar-refractivity contribution >= 4 is 22.2 Å². The molecule has 0 spiro atoms. The third kappa shape index (κ3) is 2.93. The van der Waals surface area contributed by atoms with Crippen molar-refractivity contribution in [2.24, 2.45) is 0 Å². The fourth-order valence-corrected chi connectivity index (χ4v) is 2.76. The Morgan fingerprint density at radius 1 is 1.40 bits per heavy atom. The van der Waals surface area contributed by atoms with E-state index in [2.05, 4.69) is 5.32 Å². The molecule has 20 heavy (non-hydrogen) atoms. The number of benzene rings is 1. The smallest absolute Gasteiger partial charge is 0.255 e. The van der Waals surface area contributed by atoms with Gasteiger partial charge < -0.3 is 15.8 Å². The van der Waals surface area contributed by atoms with Gasteiger partial charge in [0.2, 0.25) is 0 Å². The van der Waals surface area contributed by atoms with Crippen molar-refractivity contribution in [2.45, 2.75) is 19.9 Å². The van der Waals surface area contributed by atoms with Crippen molar-refractivity contribution in [3.05, 3.63) is 35.2 Å². The predicted octanol–water partition coefficient (Wildman–Crippen LogP) is 3.14. The number of nitrogens with one attached hydrogen (secondary N) is 1. The zero-order chi connectivity index (χ0) is 14.7. The summed E-state index contributed by atoms with van der Waals surface area (Å²) in [7, 11) is 1.62. The molecule has 3 N–H and O–H groups in total. The van der Waals surface area contributed by atoms with Crippen LogP contribution in [-0.4, -0.2) is 19.1 Å². The van der Waals surface area contributed by atoms with Crippen LogP contribution in [0.25, 0.3) is 11.1 Å². The fourth-order valence-electron chi connectivity index (χ4n) is 1.94. The third-order valence-electron chi connectivity index (χ3n) is 2.85. The minimum absolute atomic E-state index is 0.0694. The van der Waals surface area contributed by atoms with E-state index < -0.39 is 0 Å². The standard InChI is InChI=1S/C15H18N2O2S/c1-9(2)17-15(18)13-12(8-20-14(13)16)10-5-4-6-11(7-10)19-3/h4-9H,16H2,1-3H3,(H,17,18). The van der Waals surface area contributed by atoms with Gasteiger partial charge in [0.15, 0.2) is 0 Å². The van der Waals surface area contributed by atoms with Crippen LogP contribution in [0.4, 0.5) is 5.00 Å². The van der Waals surface area contributed by atoms with E-state index in [0.29, 0.717) is 10.6 Å². The van der Waals surface area contributed by atoms with Gasteiger partial charge in [0.05, 0.1) is 17.7 Å². The highest BCUT2D eigenvalue weighted by Crippen LogP contribution is 2.34. The van der Waals surface area contributed by atoms with Crippen molar-refractivity contribution in [1.82, 2.24) is 5.32 Å². The number of amides is 1. The molecule has 5 heteroatoms. The molecule has 1 heterocycles. The van der Waals surface area contributed by atoms with E-state index in [1.807, 2.05) is 43.5 Å². The van der Waals surface area contributed by atoms with Gasteiger partial charge in [-0.2, -0.15) is 0 Å². The number of rotatable bonds is 4. The topological polar surface area (TPSA) is 64.3 Å². The maximum atomic E-state index is 12.3. The average molecular weight is 290 g/mol. The first-order chi connectivity index (χ1) is 9.52. The Morgan fingerprint density at radius 3 is 2.80 bits per heavy atom. The van der Waals surface area contributed by atoms with Crippen molar-refractivity contribution in [3.63, 3.8) is 0 Å². The van der Waals surface area contributed by atoms with Crippen LogP contribution in [0.1, 0.15) is 24.2 Å². The number of hydrogen-bond acceptors (Lipinski definition) is 4. The molecule has 1 amide bonds. The number of nitrogen functional groups attached to an aromatic ring is 1. The molecule has 0 saturated heterocycles. The average Bonchev–Trinajstić information content (AvgIpc) is 2.80. The van der Waals surface area contributed by atoms with E-state index in [1.54, 1.807) is 7.11 Å². The molecule has 2 rings (SSSR count). The monoisotopic (exact) mass is 290 g/mol.